The molecule has 2 heterocycles. The number of pyridine rings is 1. The summed E-state index contributed by atoms with van der Waals surface area (Å²) in [6, 6.07) is 14.4. The Labute approximate surface area is 269 Å². The third-order valence-corrected chi connectivity index (χ3v) is 7.77. The molecule has 0 aliphatic heterocycles. The number of rotatable bonds is 10. The van der Waals surface area contributed by atoms with Gasteiger partial charge in [-0.25, -0.2) is 13.9 Å². The van der Waals surface area contributed by atoms with Crippen molar-refractivity contribution in [3.05, 3.63) is 107 Å². The van der Waals surface area contributed by atoms with Crippen molar-refractivity contribution in [1.29, 1.82) is 0 Å². The van der Waals surface area contributed by atoms with Crippen molar-refractivity contribution in [3.63, 3.8) is 0 Å². The van der Waals surface area contributed by atoms with Crippen LogP contribution in [-0.2, 0) is 23.0 Å². The summed E-state index contributed by atoms with van der Waals surface area (Å²) in [6.07, 6.45) is 1.33. The minimum Gasteiger partial charge on any atom is -0.444 e. The number of ether oxygens (including phenoxy) is 1. The van der Waals surface area contributed by atoms with Crippen LogP contribution in [0, 0.1) is 11.7 Å². The van der Waals surface area contributed by atoms with Gasteiger partial charge in [-0.2, -0.15) is 18.3 Å². The lowest BCUT2D eigenvalue weighted by atomic mass is 9.80. The van der Waals surface area contributed by atoms with Crippen molar-refractivity contribution < 1.29 is 31.9 Å². The molecule has 2 amide bonds. The number of hydrogen-bond donors (Lipinski definition) is 3. The van der Waals surface area contributed by atoms with E-state index in [2.05, 4.69) is 20.7 Å². The van der Waals surface area contributed by atoms with Crippen molar-refractivity contribution in [2.75, 3.05) is 5.32 Å². The van der Waals surface area contributed by atoms with Gasteiger partial charge in [-0.1, -0.05) is 37.1 Å². The molecule has 0 saturated heterocycles. The number of alkyl carbamates (subject to hydrolysis) is 1. The first-order valence-electron chi connectivity index (χ1n) is 15.2. The molecule has 0 bridgehead atoms. The molecule has 1 aliphatic carbocycles. The number of alkyl halides is 3. The van der Waals surface area contributed by atoms with Crippen LogP contribution in [0.1, 0.15) is 79.3 Å². The molecule has 0 radical (unpaired) electrons. The molecule has 4 N–H and O–H groups in total. The maximum absolute atomic E-state index is 15.2. The molecule has 2 aromatic carbocycles. The first-order valence-corrected chi connectivity index (χ1v) is 15.2. The number of nitrogens with one attached hydrogen (secondary N) is 2. The molecular formula is C34H36F4N6O3. The van der Waals surface area contributed by atoms with Crippen molar-refractivity contribution >= 4 is 17.7 Å². The van der Waals surface area contributed by atoms with Gasteiger partial charge < -0.3 is 21.1 Å². The molecule has 5 rings (SSSR count). The largest absolute Gasteiger partial charge is 0.444 e. The fraction of sp³-hybridized carbons (Fsp3) is 0.353. The van der Waals surface area contributed by atoms with Gasteiger partial charge in [0.25, 0.3) is 5.91 Å². The SMILES string of the molecule is CC(C)(C)OC(=O)NCc1cccc(-n2nc(C(F)(F)F)cc2C(=O)Nc2cc(C(N)(CCC3CC3)c3cccnc3)ccc2F)c1. The van der Waals surface area contributed by atoms with E-state index in [1.54, 1.807) is 51.4 Å². The minimum absolute atomic E-state index is 0.00575. The van der Waals surface area contributed by atoms with Crippen LogP contribution in [0.3, 0.4) is 0 Å². The Hall–Kier alpha value is -4.78. The zero-order chi connectivity index (χ0) is 34.0. The monoisotopic (exact) mass is 652 g/mol. The number of halogens is 4. The highest BCUT2D eigenvalue weighted by Crippen LogP contribution is 2.40. The van der Waals surface area contributed by atoms with Crippen LogP contribution in [0.4, 0.5) is 28.0 Å². The van der Waals surface area contributed by atoms with E-state index < -0.39 is 46.5 Å². The Balaban J connectivity index is 1.44. The predicted molar refractivity (Wildman–Crippen MR) is 167 cm³/mol. The third-order valence-electron chi connectivity index (χ3n) is 7.77. The molecule has 1 aliphatic rings. The second-order valence-corrected chi connectivity index (χ2v) is 12.7. The number of hydrogen-bond acceptors (Lipinski definition) is 6. The Morgan fingerprint density at radius 1 is 1.02 bits per heavy atom. The maximum Gasteiger partial charge on any atom is 0.435 e. The predicted octanol–water partition coefficient (Wildman–Crippen LogP) is 7.09. The molecule has 1 unspecified atom stereocenters. The van der Waals surface area contributed by atoms with Crippen LogP contribution in [0.2, 0.25) is 0 Å². The summed E-state index contributed by atoms with van der Waals surface area (Å²) in [5.41, 5.74) is 4.97. The number of anilines is 1. The molecule has 1 saturated carbocycles. The van der Waals surface area contributed by atoms with Crippen molar-refractivity contribution in [2.24, 2.45) is 11.7 Å². The quantitative estimate of drug-likeness (QED) is 0.157. The van der Waals surface area contributed by atoms with Crippen LogP contribution in [0.5, 0.6) is 0 Å². The molecule has 1 fully saturated rings. The number of amides is 2. The first-order chi connectivity index (χ1) is 22.1. The molecule has 13 heteroatoms. The van der Waals surface area contributed by atoms with E-state index in [4.69, 9.17) is 10.5 Å². The smallest absolute Gasteiger partial charge is 0.435 e. The molecule has 0 spiro atoms. The highest BCUT2D eigenvalue weighted by Gasteiger charge is 2.37. The second-order valence-electron chi connectivity index (χ2n) is 12.7. The molecule has 2 aromatic heterocycles. The van der Waals surface area contributed by atoms with Crippen LogP contribution in [0.15, 0.2) is 73.1 Å². The fourth-order valence-corrected chi connectivity index (χ4v) is 5.17. The summed E-state index contributed by atoms with van der Waals surface area (Å²) >= 11 is 0. The third kappa shape index (κ3) is 8.33. The van der Waals surface area contributed by atoms with Gasteiger partial charge in [-0.15, -0.1) is 0 Å². The van der Waals surface area contributed by atoms with Gasteiger partial charge in [-0.3, -0.25) is 9.78 Å². The van der Waals surface area contributed by atoms with E-state index in [-0.39, 0.29) is 17.9 Å². The molecule has 4 aromatic rings. The van der Waals surface area contributed by atoms with Gasteiger partial charge in [-0.05, 0) is 86.6 Å². The van der Waals surface area contributed by atoms with Gasteiger partial charge in [0.2, 0.25) is 0 Å². The molecule has 1 atom stereocenters. The lowest BCUT2D eigenvalue weighted by Crippen LogP contribution is -2.38. The van der Waals surface area contributed by atoms with E-state index in [0.29, 0.717) is 35.1 Å². The fourth-order valence-electron chi connectivity index (χ4n) is 5.17. The zero-order valence-corrected chi connectivity index (χ0v) is 26.2. The number of carbonyl (C=O) groups excluding carboxylic acids is 2. The van der Waals surface area contributed by atoms with Gasteiger partial charge in [0.05, 0.1) is 16.9 Å². The number of nitrogens with zero attached hydrogens (tertiary/aromatic N) is 3. The lowest BCUT2D eigenvalue weighted by Gasteiger charge is -2.31. The van der Waals surface area contributed by atoms with Gasteiger partial charge in [0, 0.05) is 25.0 Å². The normalized spacial score (nSPS) is 14.7. The molecular weight excluding hydrogens is 616 g/mol. The summed E-state index contributed by atoms with van der Waals surface area (Å²) in [6.45, 7) is 5.12. The summed E-state index contributed by atoms with van der Waals surface area (Å²) in [7, 11) is 0. The zero-order valence-electron chi connectivity index (χ0n) is 26.2. The summed E-state index contributed by atoms with van der Waals surface area (Å²) in [5.74, 6) is -1.26. The Bertz CT molecular complexity index is 1750. The molecule has 9 nitrogen and oxygen atoms in total. The maximum atomic E-state index is 15.2. The Morgan fingerprint density at radius 3 is 2.45 bits per heavy atom. The summed E-state index contributed by atoms with van der Waals surface area (Å²) in [5, 5.41) is 8.68. The van der Waals surface area contributed by atoms with Crippen molar-refractivity contribution in [3.8, 4) is 5.69 Å². The first kappa shape index (κ1) is 33.6. The molecule has 47 heavy (non-hydrogen) atoms. The number of aromatic nitrogens is 3. The highest BCUT2D eigenvalue weighted by molar-refractivity contribution is 6.03. The second kappa shape index (κ2) is 13.1. The van der Waals surface area contributed by atoms with Crippen LogP contribution in [-0.4, -0.2) is 32.4 Å². The van der Waals surface area contributed by atoms with Crippen molar-refractivity contribution in [1.82, 2.24) is 20.1 Å². The number of nitrogens with two attached hydrogens (primary N) is 1. The highest BCUT2D eigenvalue weighted by atomic mass is 19.4. The van der Waals surface area contributed by atoms with Gasteiger partial charge >= 0.3 is 12.3 Å². The van der Waals surface area contributed by atoms with E-state index in [1.165, 1.54) is 30.3 Å². The van der Waals surface area contributed by atoms with Gasteiger partial charge in [0.15, 0.2) is 5.69 Å². The van der Waals surface area contributed by atoms with Gasteiger partial charge in [0.1, 0.15) is 17.1 Å². The Morgan fingerprint density at radius 2 is 1.79 bits per heavy atom. The molecule has 248 valence electrons. The lowest BCUT2D eigenvalue weighted by molar-refractivity contribution is -0.141. The number of benzene rings is 2. The summed E-state index contributed by atoms with van der Waals surface area (Å²) in [4.78, 5) is 29.9. The van der Waals surface area contributed by atoms with Crippen LogP contribution in [0.25, 0.3) is 5.69 Å². The van der Waals surface area contributed by atoms with E-state index in [1.807, 2.05) is 6.07 Å². The standard InChI is InChI=1S/C34H36F4N6O3/c1-32(2,3)47-31(46)41-19-22-6-4-8-25(16-22)44-28(18-29(43-44)34(36,37)38)30(45)42-27-17-23(11-12-26(27)35)33(39,14-13-21-9-10-21)24-7-5-15-40-20-24/h4-8,11-12,15-18,20-21H,9-10,13-14,19,39H2,1-3H3,(H,41,46)(H,42,45). The van der Waals surface area contributed by atoms with E-state index in [9.17, 15) is 22.8 Å². The number of carbonyl (C=O) groups is 2. The average Bonchev–Trinajstić information content (AvgIpc) is 3.73. The average molecular weight is 653 g/mol. The van der Waals surface area contributed by atoms with E-state index in [0.717, 1.165) is 23.9 Å². The van der Waals surface area contributed by atoms with E-state index >= 15 is 4.39 Å². The van der Waals surface area contributed by atoms with Crippen LogP contribution >= 0.6 is 0 Å². The van der Waals surface area contributed by atoms with Crippen molar-refractivity contribution in [2.45, 2.75) is 70.3 Å². The minimum atomic E-state index is -4.87. The topological polar surface area (TPSA) is 124 Å². The van der Waals surface area contributed by atoms with Crippen LogP contribution < -0.4 is 16.4 Å². The summed E-state index contributed by atoms with van der Waals surface area (Å²) < 4.78 is 62.6. The Kier molecular flexibility index (Phi) is 9.39.